The first-order chi connectivity index (χ1) is 9.06. The Balaban J connectivity index is 2.12. The number of aromatic nitrogens is 3. The summed E-state index contributed by atoms with van der Waals surface area (Å²) in [6.07, 6.45) is 2.11. The van der Waals surface area contributed by atoms with E-state index in [4.69, 9.17) is 17.3 Å². The minimum atomic E-state index is -0.573. The zero-order valence-electron chi connectivity index (χ0n) is 9.76. The molecule has 3 rings (SSSR count). The summed E-state index contributed by atoms with van der Waals surface area (Å²) in [5, 5.41) is 2.73. The van der Waals surface area contributed by atoms with Crippen LogP contribution in [0.2, 0.25) is 5.02 Å². The van der Waals surface area contributed by atoms with E-state index >= 15 is 0 Å². The van der Waals surface area contributed by atoms with Gasteiger partial charge in [-0.25, -0.2) is 9.97 Å². The molecule has 0 aliphatic carbocycles. The number of nitrogens with two attached hydrogens (primary N) is 1. The number of anilines is 1. The number of carbonyl (C=O) groups is 2. The van der Waals surface area contributed by atoms with Crippen molar-refractivity contribution in [3.63, 3.8) is 0 Å². The number of amides is 2. The van der Waals surface area contributed by atoms with Gasteiger partial charge in [0, 0.05) is 12.6 Å². The third-order valence-corrected chi connectivity index (χ3v) is 3.25. The average molecular weight is 280 g/mol. The Bertz CT molecular complexity index is 696. The first kappa shape index (κ1) is 11.9. The summed E-state index contributed by atoms with van der Waals surface area (Å²) in [6.45, 7) is 0. The Labute approximate surface area is 112 Å². The fraction of sp³-hybridized carbons (Fsp3) is 0.273. The van der Waals surface area contributed by atoms with Crippen LogP contribution in [-0.2, 0) is 9.59 Å². The van der Waals surface area contributed by atoms with E-state index in [-0.39, 0.29) is 24.2 Å². The molecule has 1 unspecified atom stereocenters. The number of imide groups is 1. The number of rotatable bonds is 1. The zero-order chi connectivity index (χ0) is 13.6. The van der Waals surface area contributed by atoms with Gasteiger partial charge < -0.3 is 5.73 Å². The van der Waals surface area contributed by atoms with Gasteiger partial charge in [-0.3, -0.25) is 19.5 Å². The molecule has 0 saturated carbocycles. The maximum Gasteiger partial charge on any atom is 0.249 e. The van der Waals surface area contributed by atoms with Crippen LogP contribution < -0.4 is 11.1 Å². The molecule has 3 N–H and O–H groups in total. The normalized spacial score (nSPS) is 19.7. The van der Waals surface area contributed by atoms with Crippen molar-refractivity contribution in [2.75, 3.05) is 5.73 Å². The zero-order valence-corrected chi connectivity index (χ0v) is 10.5. The lowest BCUT2D eigenvalue weighted by molar-refractivity contribution is -0.135. The molecule has 1 aliphatic heterocycles. The number of nitrogen functional groups attached to an aromatic ring is 1. The number of nitrogens with zero attached hydrogens (tertiary/aromatic N) is 3. The van der Waals surface area contributed by atoms with E-state index in [1.807, 2.05) is 0 Å². The highest BCUT2D eigenvalue weighted by Gasteiger charge is 2.31. The molecule has 98 valence electrons. The molecule has 0 aromatic carbocycles. The highest BCUT2D eigenvalue weighted by Crippen LogP contribution is 2.27. The van der Waals surface area contributed by atoms with Crippen LogP contribution in [-0.4, -0.2) is 26.3 Å². The molecule has 2 aromatic rings. The van der Waals surface area contributed by atoms with E-state index in [9.17, 15) is 9.59 Å². The maximum atomic E-state index is 11.9. The number of piperidine rings is 1. The lowest BCUT2D eigenvalue weighted by atomic mass is 10.1. The van der Waals surface area contributed by atoms with Crippen LogP contribution in [0.3, 0.4) is 0 Å². The van der Waals surface area contributed by atoms with Crippen molar-refractivity contribution in [1.82, 2.24) is 19.9 Å². The number of halogens is 1. The van der Waals surface area contributed by atoms with E-state index in [1.165, 1.54) is 10.8 Å². The number of hydrogen-bond acceptors (Lipinski definition) is 5. The summed E-state index contributed by atoms with van der Waals surface area (Å²) in [5.74, 6) is -0.487. The van der Waals surface area contributed by atoms with Gasteiger partial charge in [-0.05, 0) is 12.5 Å². The van der Waals surface area contributed by atoms with Gasteiger partial charge in [0.05, 0.1) is 5.02 Å². The monoisotopic (exact) mass is 279 g/mol. The smallest absolute Gasteiger partial charge is 0.249 e. The molecule has 2 aromatic heterocycles. The minimum absolute atomic E-state index is 0.180. The molecule has 1 saturated heterocycles. The van der Waals surface area contributed by atoms with E-state index in [0.29, 0.717) is 22.6 Å². The SMILES string of the molecule is Nc1nc2cc(Cl)cnc2n1C1CCC(=O)NC1=O. The minimum Gasteiger partial charge on any atom is -0.369 e. The molecular weight excluding hydrogens is 270 g/mol. The van der Waals surface area contributed by atoms with Crippen molar-refractivity contribution in [1.29, 1.82) is 0 Å². The molecule has 1 fully saturated rings. The summed E-state index contributed by atoms with van der Waals surface area (Å²) >= 11 is 5.84. The van der Waals surface area contributed by atoms with Crippen LogP contribution in [0.25, 0.3) is 11.2 Å². The third-order valence-electron chi connectivity index (χ3n) is 3.05. The van der Waals surface area contributed by atoms with Crippen LogP contribution in [0, 0.1) is 0 Å². The van der Waals surface area contributed by atoms with Gasteiger partial charge in [-0.1, -0.05) is 11.6 Å². The number of fused-ring (bicyclic) bond motifs is 1. The molecule has 3 heterocycles. The van der Waals surface area contributed by atoms with Crippen LogP contribution in [0.5, 0.6) is 0 Å². The van der Waals surface area contributed by atoms with E-state index in [1.54, 1.807) is 6.07 Å². The summed E-state index contributed by atoms with van der Waals surface area (Å²) in [5.41, 5.74) is 6.84. The fourth-order valence-corrected chi connectivity index (χ4v) is 2.36. The molecule has 7 nitrogen and oxygen atoms in total. The molecule has 8 heteroatoms. The number of hydrogen-bond donors (Lipinski definition) is 2. The predicted molar refractivity (Wildman–Crippen MR) is 68.4 cm³/mol. The van der Waals surface area contributed by atoms with Gasteiger partial charge in [0.1, 0.15) is 11.6 Å². The standard InChI is InChI=1S/C11H10ClN5O2/c12-5-3-6-9(14-4-5)17(11(13)15-6)7-1-2-8(18)16-10(7)19/h3-4,7H,1-2H2,(H2,13,15)(H,16,18,19). The Morgan fingerprint density at radius 1 is 1.47 bits per heavy atom. The Morgan fingerprint density at radius 2 is 2.26 bits per heavy atom. The van der Waals surface area contributed by atoms with Crippen LogP contribution in [0.15, 0.2) is 12.3 Å². The quantitative estimate of drug-likeness (QED) is 0.746. The van der Waals surface area contributed by atoms with E-state index in [0.717, 1.165) is 0 Å². The van der Waals surface area contributed by atoms with E-state index < -0.39 is 6.04 Å². The van der Waals surface area contributed by atoms with Gasteiger partial charge >= 0.3 is 0 Å². The molecule has 0 radical (unpaired) electrons. The molecule has 19 heavy (non-hydrogen) atoms. The molecule has 2 amide bonds. The Kier molecular flexibility index (Phi) is 2.63. The van der Waals surface area contributed by atoms with Gasteiger partial charge in [0.25, 0.3) is 0 Å². The molecular formula is C11H10ClN5O2. The summed E-state index contributed by atoms with van der Waals surface area (Å²) in [6, 6.07) is 1.05. The number of pyridine rings is 1. The van der Waals surface area contributed by atoms with Crippen molar-refractivity contribution in [2.45, 2.75) is 18.9 Å². The van der Waals surface area contributed by atoms with Gasteiger partial charge in [-0.2, -0.15) is 0 Å². The third kappa shape index (κ3) is 1.91. The molecule has 0 spiro atoms. The topological polar surface area (TPSA) is 103 Å². The highest BCUT2D eigenvalue weighted by atomic mass is 35.5. The second-order valence-electron chi connectivity index (χ2n) is 4.30. The van der Waals surface area contributed by atoms with Gasteiger partial charge in [0.2, 0.25) is 17.8 Å². The Morgan fingerprint density at radius 3 is 3.00 bits per heavy atom. The van der Waals surface area contributed by atoms with Crippen LogP contribution in [0.1, 0.15) is 18.9 Å². The van der Waals surface area contributed by atoms with Gasteiger partial charge in [-0.15, -0.1) is 0 Å². The first-order valence-electron chi connectivity index (χ1n) is 5.69. The predicted octanol–water partition coefficient (Wildman–Crippen LogP) is 0.645. The number of carbonyl (C=O) groups excluding carboxylic acids is 2. The second-order valence-corrected chi connectivity index (χ2v) is 4.74. The second kappa shape index (κ2) is 4.20. The molecule has 1 atom stereocenters. The highest BCUT2D eigenvalue weighted by molar-refractivity contribution is 6.31. The average Bonchev–Trinajstić information content (AvgIpc) is 2.65. The summed E-state index contributed by atoms with van der Waals surface area (Å²) in [4.78, 5) is 31.3. The summed E-state index contributed by atoms with van der Waals surface area (Å²) in [7, 11) is 0. The molecule has 0 bridgehead atoms. The number of nitrogens with one attached hydrogen (secondary N) is 1. The van der Waals surface area contributed by atoms with Crippen molar-refractivity contribution in [2.24, 2.45) is 0 Å². The van der Waals surface area contributed by atoms with Crippen molar-refractivity contribution < 1.29 is 9.59 Å². The lowest BCUT2D eigenvalue weighted by Crippen LogP contribution is -2.42. The van der Waals surface area contributed by atoms with Crippen molar-refractivity contribution >= 4 is 40.5 Å². The summed E-state index contributed by atoms with van der Waals surface area (Å²) < 4.78 is 1.54. The van der Waals surface area contributed by atoms with E-state index in [2.05, 4.69) is 15.3 Å². The van der Waals surface area contributed by atoms with Crippen LogP contribution >= 0.6 is 11.6 Å². The number of imidazole rings is 1. The van der Waals surface area contributed by atoms with Crippen molar-refractivity contribution in [3.05, 3.63) is 17.3 Å². The lowest BCUT2D eigenvalue weighted by Gasteiger charge is -2.22. The maximum absolute atomic E-state index is 11.9. The van der Waals surface area contributed by atoms with Crippen LogP contribution in [0.4, 0.5) is 5.95 Å². The van der Waals surface area contributed by atoms with Gasteiger partial charge in [0.15, 0.2) is 5.65 Å². The molecule has 1 aliphatic rings. The largest absolute Gasteiger partial charge is 0.369 e. The fourth-order valence-electron chi connectivity index (χ4n) is 2.21. The first-order valence-corrected chi connectivity index (χ1v) is 6.06. The Hall–Kier alpha value is -2.15. The van der Waals surface area contributed by atoms with Crippen molar-refractivity contribution in [3.8, 4) is 0 Å².